The number of urea groups is 1. The van der Waals surface area contributed by atoms with Crippen LogP contribution in [0.4, 0.5) is 10.5 Å². The molecule has 0 saturated carbocycles. The Morgan fingerprint density at radius 2 is 1.90 bits per heavy atom. The Balaban J connectivity index is 1.56. The normalized spacial score (nSPS) is 21.7. The van der Waals surface area contributed by atoms with Crippen LogP contribution in [0.3, 0.4) is 0 Å². The lowest BCUT2D eigenvalue weighted by Crippen LogP contribution is -2.58. The van der Waals surface area contributed by atoms with Gasteiger partial charge in [-0.3, -0.25) is 9.69 Å². The van der Waals surface area contributed by atoms with Gasteiger partial charge in [-0.1, -0.05) is 6.92 Å². The van der Waals surface area contributed by atoms with Gasteiger partial charge in [0.2, 0.25) is 5.91 Å². The lowest BCUT2D eigenvalue weighted by atomic mass is 9.95. The predicted molar refractivity (Wildman–Crippen MR) is 116 cm³/mol. The monoisotopic (exact) mass is 418 g/mol. The molecule has 2 aliphatic rings. The van der Waals surface area contributed by atoms with Gasteiger partial charge in [-0.05, 0) is 50.5 Å². The fraction of sp³-hybridized carbons (Fsp3) is 0.636. The lowest BCUT2D eigenvalue weighted by Gasteiger charge is -2.43. The number of morpholine rings is 1. The van der Waals surface area contributed by atoms with Crippen molar-refractivity contribution >= 4 is 17.6 Å². The number of likely N-dealkylation sites (tertiary alicyclic amines) is 1. The van der Waals surface area contributed by atoms with Crippen molar-refractivity contribution in [2.24, 2.45) is 0 Å². The molecule has 3 amide bonds. The third-order valence-electron chi connectivity index (χ3n) is 6.33. The third-order valence-corrected chi connectivity index (χ3v) is 6.33. The first-order valence-electron chi connectivity index (χ1n) is 10.8. The van der Waals surface area contributed by atoms with Crippen LogP contribution in [0.2, 0.25) is 0 Å². The molecule has 0 unspecified atom stereocenters. The first kappa shape index (κ1) is 22.4. The second-order valence-corrected chi connectivity index (χ2v) is 8.18. The van der Waals surface area contributed by atoms with Gasteiger partial charge >= 0.3 is 6.03 Å². The molecule has 2 fully saturated rings. The molecule has 3 rings (SSSR count). The maximum absolute atomic E-state index is 12.9. The Morgan fingerprint density at radius 1 is 1.20 bits per heavy atom. The first-order valence-corrected chi connectivity index (χ1v) is 10.8. The van der Waals surface area contributed by atoms with E-state index in [0.29, 0.717) is 25.2 Å². The van der Waals surface area contributed by atoms with Crippen LogP contribution >= 0.6 is 0 Å². The molecule has 2 aliphatic heterocycles. The highest BCUT2D eigenvalue weighted by molar-refractivity contribution is 5.97. The van der Waals surface area contributed by atoms with Gasteiger partial charge in [0.25, 0.3) is 0 Å². The fourth-order valence-electron chi connectivity index (χ4n) is 4.11. The summed E-state index contributed by atoms with van der Waals surface area (Å²) in [4.78, 5) is 29.8. The van der Waals surface area contributed by atoms with Gasteiger partial charge in [0, 0.05) is 37.4 Å². The van der Waals surface area contributed by atoms with Crippen molar-refractivity contribution in [1.29, 1.82) is 0 Å². The predicted octanol–water partition coefficient (Wildman–Crippen LogP) is 2.31. The topological polar surface area (TPSA) is 83.1 Å². The van der Waals surface area contributed by atoms with E-state index in [4.69, 9.17) is 9.47 Å². The molecule has 0 bridgehead atoms. The molecule has 0 radical (unpaired) electrons. The van der Waals surface area contributed by atoms with E-state index in [1.54, 1.807) is 36.3 Å². The van der Waals surface area contributed by atoms with Gasteiger partial charge < -0.3 is 25.0 Å². The molecular weight excluding hydrogens is 384 g/mol. The Morgan fingerprint density at radius 3 is 2.53 bits per heavy atom. The van der Waals surface area contributed by atoms with Crippen molar-refractivity contribution in [2.75, 3.05) is 51.8 Å². The quantitative estimate of drug-likeness (QED) is 0.710. The van der Waals surface area contributed by atoms with Crippen molar-refractivity contribution in [1.82, 2.24) is 15.1 Å². The third kappa shape index (κ3) is 5.23. The van der Waals surface area contributed by atoms with E-state index < -0.39 is 6.04 Å². The smallest absolute Gasteiger partial charge is 0.318 e. The van der Waals surface area contributed by atoms with Crippen LogP contribution in [0, 0.1) is 0 Å². The van der Waals surface area contributed by atoms with Gasteiger partial charge in [-0.25, -0.2) is 4.79 Å². The molecule has 0 aromatic heterocycles. The Kier molecular flexibility index (Phi) is 7.55. The molecule has 0 spiro atoms. The second kappa shape index (κ2) is 10.1. The van der Waals surface area contributed by atoms with Crippen molar-refractivity contribution < 1.29 is 19.1 Å². The van der Waals surface area contributed by atoms with Crippen molar-refractivity contribution in [2.45, 2.75) is 44.7 Å². The molecule has 1 aromatic carbocycles. The van der Waals surface area contributed by atoms with Gasteiger partial charge in [0.05, 0.1) is 20.3 Å². The molecule has 2 heterocycles. The molecule has 2 atom stereocenters. The highest BCUT2D eigenvalue weighted by Crippen LogP contribution is 2.23. The summed E-state index contributed by atoms with van der Waals surface area (Å²) in [5.74, 6) is 0.577. The summed E-state index contributed by atoms with van der Waals surface area (Å²) in [6.07, 6.45) is 2.42. The zero-order chi connectivity index (χ0) is 21.6. The largest absolute Gasteiger partial charge is 0.497 e. The van der Waals surface area contributed by atoms with Crippen LogP contribution in [0.1, 0.15) is 33.1 Å². The Labute approximate surface area is 178 Å². The van der Waals surface area contributed by atoms with E-state index in [9.17, 15) is 9.59 Å². The summed E-state index contributed by atoms with van der Waals surface area (Å²) in [5.41, 5.74) is 0.568. The minimum Gasteiger partial charge on any atom is -0.497 e. The molecular formula is C22H34N4O4. The van der Waals surface area contributed by atoms with Gasteiger partial charge in [-0.15, -0.1) is 0 Å². The number of amides is 3. The summed E-state index contributed by atoms with van der Waals surface area (Å²) in [7, 11) is 1.60. The van der Waals surface area contributed by atoms with Gasteiger partial charge in [-0.2, -0.15) is 0 Å². The van der Waals surface area contributed by atoms with E-state index in [-0.39, 0.29) is 17.5 Å². The maximum atomic E-state index is 12.9. The first-order chi connectivity index (χ1) is 14.5. The number of hydrogen-bond donors (Lipinski definition) is 2. The van der Waals surface area contributed by atoms with Crippen LogP contribution < -0.4 is 15.4 Å². The highest BCUT2D eigenvalue weighted by Gasteiger charge is 2.36. The summed E-state index contributed by atoms with van der Waals surface area (Å²) in [5, 5.41) is 6.00. The summed E-state index contributed by atoms with van der Waals surface area (Å²) in [6, 6.07) is 6.56. The molecule has 0 aliphatic carbocycles. The standard InChI is InChI=1S/C22H34N4O4/c1-4-22(2,25-12-14-30-15-13-25)16-23-21(28)26-11-5-6-19(26)20(27)24-17-7-9-18(29-3)10-8-17/h7-10,19H,4-6,11-16H2,1-3H3,(H,23,28)(H,24,27)/t19-,22-/m1/s1. The number of nitrogens with zero attached hydrogens (tertiary/aromatic N) is 2. The SMILES string of the molecule is CC[C@](C)(CNC(=O)N1CCC[C@@H]1C(=O)Nc1ccc(OC)cc1)N1CCOCC1. The summed E-state index contributed by atoms with van der Waals surface area (Å²) >= 11 is 0. The van der Waals surface area contributed by atoms with E-state index in [1.807, 2.05) is 0 Å². The lowest BCUT2D eigenvalue weighted by molar-refractivity contribution is -0.119. The second-order valence-electron chi connectivity index (χ2n) is 8.18. The van der Waals surface area contributed by atoms with Crippen LogP contribution in [-0.4, -0.2) is 79.8 Å². The maximum Gasteiger partial charge on any atom is 0.318 e. The van der Waals surface area contributed by atoms with Crippen LogP contribution in [0.5, 0.6) is 5.75 Å². The van der Waals surface area contributed by atoms with Crippen molar-refractivity contribution in [3.8, 4) is 5.75 Å². The minimum absolute atomic E-state index is 0.125. The Hall–Kier alpha value is -2.32. The number of hydrogen-bond acceptors (Lipinski definition) is 5. The summed E-state index contributed by atoms with van der Waals surface area (Å²) in [6.45, 7) is 8.65. The number of carbonyl (C=O) groups is 2. The molecule has 166 valence electrons. The average Bonchev–Trinajstić information content (AvgIpc) is 3.28. The van der Waals surface area contributed by atoms with Crippen LogP contribution in [0.15, 0.2) is 24.3 Å². The van der Waals surface area contributed by atoms with E-state index in [1.165, 1.54) is 0 Å². The summed E-state index contributed by atoms with van der Waals surface area (Å²) < 4.78 is 10.6. The van der Waals surface area contributed by atoms with Crippen molar-refractivity contribution in [3.05, 3.63) is 24.3 Å². The molecule has 8 heteroatoms. The molecule has 2 N–H and O–H groups in total. The van der Waals surface area contributed by atoms with E-state index in [2.05, 4.69) is 29.4 Å². The fourth-order valence-corrected chi connectivity index (χ4v) is 4.11. The zero-order valence-electron chi connectivity index (χ0n) is 18.3. The number of carbonyl (C=O) groups excluding carboxylic acids is 2. The molecule has 1 aromatic rings. The van der Waals surface area contributed by atoms with Gasteiger partial charge in [0.15, 0.2) is 0 Å². The van der Waals surface area contributed by atoms with E-state index >= 15 is 0 Å². The Bertz CT molecular complexity index is 720. The van der Waals surface area contributed by atoms with Crippen LogP contribution in [0.25, 0.3) is 0 Å². The molecule has 2 saturated heterocycles. The average molecular weight is 419 g/mol. The van der Waals surface area contributed by atoms with E-state index in [0.717, 1.165) is 44.9 Å². The highest BCUT2D eigenvalue weighted by atomic mass is 16.5. The molecule has 30 heavy (non-hydrogen) atoms. The number of ether oxygens (including phenoxy) is 2. The number of rotatable bonds is 7. The van der Waals surface area contributed by atoms with Crippen LogP contribution in [-0.2, 0) is 9.53 Å². The van der Waals surface area contributed by atoms with Gasteiger partial charge in [0.1, 0.15) is 11.8 Å². The van der Waals surface area contributed by atoms with Crippen molar-refractivity contribution in [3.63, 3.8) is 0 Å². The number of methoxy groups -OCH3 is 1. The minimum atomic E-state index is -0.455. The zero-order valence-corrected chi connectivity index (χ0v) is 18.3. The number of anilines is 1. The molecule has 8 nitrogen and oxygen atoms in total. The number of nitrogens with one attached hydrogen (secondary N) is 2. The number of benzene rings is 1.